The summed E-state index contributed by atoms with van der Waals surface area (Å²) < 4.78 is 0. The average Bonchev–Trinajstić information content (AvgIpc) is 2.96. The molecule has 0 saturated carbocycles. The summed E-state index contributed by atoms with van der Waals surface area (Å²) in [5.41, 5.74) is 2.96. The van der Waals surface area contributed by atoms with E-state index in [4.69, 9.17) is 0 Å². The van der Waals surface area contributed by atoms with Gasteiger partial charge in [0.2, 0.25) is 0 Å². The van der Waals surface area contributed by atoms with Crippen molar-refractivity contribution < 1.29 is 4.79 Å². The number of carbonyl (C=O) groups is 1. The number of aromatic nitrogens is 1. The molecule has 4 heteroatoms. The van der Waals surface area contributed by atoms with Crippen molar-refractivity contribution in [2.75, 3.05) is 18.0 Å². The highest BCUT2D eigenvalue weighted by Crippen LogP contribution is 2.22. The minimum atomic E-state index is 0.115. The van der Waals surface area contributed by atoms with Crippen LogP contribution in [0.25, 0.3) is 0 Å². The summed E-state index contributed by atoms with van der Waals surface area (Å²) in [4.78, 5) is 21.6. The molecule has 4 nitrogen and oxygen atoms in total. The predicted octanol–water partition coefficient (Wildman–Crippen LogP) is 4.51. The molecular formula is C22H29N3O. The Labute approximate surface area is 156 Å². The van der Waals surface area contributed by atoms with Gasteiger partial charge in [0.1, 0.15) is 0 Å². The Balaban J connectivity index is 1.80. The molecule has 1 aromatic heterocycles. The lowest BCUT2D eigenvalue weighted by Gasteiger charge is -2.29. The molecule has 0 atom stereocenters. The van der Waals surface area contributed by atoms with Crippen molar-refractivity contribution in [2.45, 2.75) is 52.1 Å². The number of hydrogen-bond acceptors (Lipinski definition) is 3. The Kier molecular flexibility index (Phi) is 6.26. The summed E-state index contributed by atoms with van der Waals surface area (Å²) in [6.07, 6.45) is 8.22. The minimum absolute atomic E-state index is 0.115. The topological polar surface area (TPSA) is 36.4 Å². The largest absolute Gasteiger partial charge is 0.364 e. The van der Waals surface area contributed by atoms with Gasteiger partial charge in [0.15, 0.2) is 0 Å². The van der Waals surface area contributed by atoms with Gasteiger partial charge in [-0.2, -0.15) is 0 Å². The number of amides is 1. The summed E-state index contributed by atoms with van der Waals surface area (Å²) >= 11 is 0. The standard InChI is InChI=1S/C22H29N3O/c1-18(2)25(17-19-10-6-5-7-11-19)21-14-20(15-23-16-21)22(26)24-12-8-3-4-9-13-24/h5-7,10-11,14-16,18H,3-4,8-9,12-13,17H2,1-2H3. The number of hydrogen-bond donors (Lipinski definition) is 0. The van der Waals surface area contributed by atoms with Gasteiger partial charge in [-0.25, -0.2) is 0 Å². The molecule has 1 aliphatic heterocycles. The molecule has 0 N–H and O–H groups in total. The first-order chi connectivity index (χ1) is 12.6. The number of benzene rings is 1. The fourth-order valence-corrected chi connectivity index (χ4v) is 3.51. The van der Waals surface area contributed by atoms with Crippen molar-refractivity contribution in [3.8, 4) is 0 Å². The van der Waals surface area contributed by atoms with Crippen molar-refractivity contribution >= 4 is 11.6 Å². The van der Waals surface area contributed by atoms with E-state index in [1.165, 1.54) is 18.4 Å². The molecule has 0 unspecified atom stereocenters. The summed E-state index contributed by atoms with van der Waals surface area (Å²) in [5.74, 6) is 0.115. The van der Waals surface area contributed by atoms with Gasteiger partial charge < -0.3 is 9.80 Å². The zero-order chi connectivity index (χ0) is 18.4. The second kappa shape index (κ2) is 8.84. The van der Waals surface area contributed by atoms with E-state index in [1.54, 1.807) is 6.20 Å². The SMILES string of the molecule is CC(C)N(Cc1ccccc1)c1cncc(C(=O)N2CCCCCC2)c1. The normalized spacial score (nSPS) is 15.0. The van der Waals surface area contributed by atoms with Crippen LogP contribution >= 0.6 is 0 Å². The van der Waals surface area contributed by atoms with Crippen molar-refractivity contribution in [3.63, 3.8) is 0 Å². The van der Waals surface area contributed by atoms with Crippen LogP contribution in [0.2, 0.25) is 0 Å². The van der Waals surface area contributed by atoms with Gasteiger partial charge in [-0.05, 0) is 38.3 Å². The fourth-order valence-electron chi connectivity index (χ4n) is 3.51. The van der Waals surface area contributed by atoms with Gasteiger partial charge in [0, 0.05) is 31.9 Å². The van der Waals surface area contributed by atoms with Crippen molar-refractivity contribution in [1.29, 1.82) is 0 Å². The summed E-state index contributed by atoms with van der Waals surface area (Å²) in [6, 6.07) is 12.7. The maximum absolute atomic E-state index is 12.9. The molecule has 2 aromatic rings. The van der Waals surface area contributed by atoms with Gasteiger partial charge in [-0.15, -0.1) is 0 Å². The number of carbonyl (C=O) groups excluding carboxylic acids is 1. The van der Waals surface area contributed by atoms with Crippen LogP contribution in [-0.2, 0) is 6.54 Å². The Morgan fingerprint density at radius 2 is 1.77 bits per heavy atom. The number of pyridine rings is 1. The fraction of sp³-hybridized carbons (Fsp3) is 0.455. The van der Waals surface area contributed by atoms with Crippen LogP contribution < -0.4 is 4.90 Å². The van der Waals surface area contributed by atoms with Crippen LogP contribution in [0.5, 0.6) is 0 Å². The first kappa shape index (κ1) is 18.4. The van der Waals surface area contributed by atoms with E-state index >= 15 is 0 Å². The van der Waals surface area contributed by atoms with Gasteiger partial charge in [0.25, 0.3) is 5.91 Å². The van der Waals surface area contributed by atoms with Crippen LogP contribution in [0.1, 0.15) is 55.5 Å². The van der Waals surface area contributed by atoms with Crippen LogP contribution in [0.3, 0.4) is 0 Å². The van der Waals surface area contributed by atoms with Crippen LogP contribution in [-0.4, -0.2) is 34.9 Å². The Bertz CT molecular complexity index is 706. The lowest BCUT2D eigenvalue weighted by molar-refractivity contribution is 0.0761. The van der Waals surface area contributed by atoms with Gasteiger partial charge in [-0.1, -0.05) is 43.2 Å². The molecule has 1 saturated heterocycles. The lowest BCUT2D eigenvalue weighted by Crippen LogP contribution is -2.33. The molecule has 26 heavy (non-hydrogen) atoms. The molecule has 0 bridgehead atoms. The van der Waals surface area contributed by atoms with E-state index in [1.807, 2.05) is 23.2 Å². The number of anilines is 1. The molecule has 2 heterocycles. The molecule has 1 fully saturated rings. The third-order valence-electron chi connectivity index (χ3n) is 5.01. The monoisotopic (exact) mass is 351 g/mol. The molecule has 0 spiro atoms. The van der Waals surface area contributed by atoms with Crippen molar-refractivity contribution in [1.82, 2.24) is 9.88 Å². The maximum Gasteiger partial charge on any atom is 0.255 e. The molecular weight excluding hydrogens is 322 g/mol. The Morgan fingerprint density at radius 1 is 1.08 bits per heavy atom. The van der Waals surface area contributed by atoms with E-state index in [-0.39, 0.29) is 5.91 Å². The first-order valence-electron chi connectivity index (χ1n) is 9.70. The quantitative estimate of drug-likeness (QED) is 0.795. The number of nitrogens with zero attached hydrogens (tertiary/aromatic N) is 3. The first-order valence-corrected chi connectivity index (χ1v) is 9.70. The molecule has 1 aliphatic rings. The van der Waals surface area contributed by atoms with E-state index in [0.717, 1.165) is 38.2 Å². The minimum Gasteiger partial charge on any atom is -0.364 e. The number of rotatable bonds is 5. The molecule has 3 rings (SSSR count). The molecule has 0 radical (unpaired) electrons. The zero-order valence-electron chi connectivity index (χ0n) is 15.9. The highest BCUT2D eigenvalue weighted by atomic mass is 16.2. The average molecular weight is 351 g/mol. The second-order valence-electron chi connectivity index (χ2n) is 7.35. The third-order valence-corrected chi connectivity index (χ3v) is 5.01. The smallest absolute Gasteiger partial charge is 0.255 e. The van der Waals surface area contributed by atoms with E-state index < -0.39 is 0 Å². The molecule has 0 aliphatic carbocycles. The molecule has 1 aromatic carbocycles. The van der Waals surface area contributed by atoms with Crippen molar-refractivity contribution in [3.05, 3.63) is 59.9 Å². The van der Waals surface area contributed by atoms with E-state index in [2.05, 4.69) is 48.0 Å². The second-order valence-corrected chi connectivity index (χ2v) is 7.35. The number of likely N-dealkylation sites (tertiary alicyclic amines) is 1. The highest BCUT2D eigenvalue weighted by molar-refractivity contribution is 5.94. The lowest BCUT2D eigenvalue weighted by atomic mass is 10.1. The van der Waals surface area contributed by atoms with Gasteiger partial charge in [0.05, 0.1) is 17.4 Å². The van der Waals surface area contributed by atoms with Gasteiger partial charge >= 0.3 is 0 Å². The van der Waals surface area contributed by atoms with E-state index in [9.17, 15) is 4.79 Å². The van der Waals surface area contributed by atoms with Crippen LogP contribution in [0.4, 0.5) is 5.69 Å². The summed E-state index contributed by atoms with van der Waals surface area (Å²) in [7, 11) is 0. The Hall–Kier alpha value is -2.36. The molecule has 138 valence electrons. The summed E-state index contributed by atoms with van der Waals surface area (Å²) in [6.45, 7) is 6.88. The van der Waals surface area contributed by atoms with Crippen LogP contribution in [0.15, 0.2) is 48.8 Å². The zero-order valence-corrected chi connectivity index (χ0v) is 15.9. The predicted molar refractivity (Wildman–Crippen MR) is 106 cm³/mol. The third kappa shape index (κ3) is 4.63. The van der Waals surface area contributed by atoms with Crippen molar-refractivity contribution in [2.24, 2.45) is 0 Å². The molecule has 1 amide bonds. The Morgan fingerprint density at radius 3 is 2.42 bits per heavy atom. The summed E-state index contributed by atoms with van der Waals surface area (Å²) in [5, 5.41) is 0. The maximum atomic E-state index is 12.9. The van der Waals surface area contributed by atoms with Gasteiger partial charge in [-0.3, -0.25) is 9.78 Å². The highest BCUT2D eigenvalue weighted by Gasteiger charge is 2.19. The van der Waals surface area contributed by atoms with Crippen LogP contribution in [0, 0.1) is 0 Å². The van der Waals surface area contributed by atoms with E-state index in [0.29, 0.717) is 11.6 Å².